The fourth-order valence-electron chi connectivity index (χ4n) is 3.13. The van der Waals surface area contributed by atoms with E-state index in [0.717, 1.165) is 58.2 Å². The Morgan fingerprint density at radius 1 is 0.862 bits per heavy atom. The van der Waals surface area contributed by atoms with Crippen molar-refractivity contribution in [3.8, 4) is 21.1 Å². The minimum Gasteiger partial charge on any atom is -0.334 e. The molecular weight excluding hydrogens is 444 g/mol. The van der Waals surface area contributed by atoms with Crippen molar-refractivity contribution in [2.75, 3.05) is 0 Å². The molecule has 0 aliphatic heterocycles. The molecule has 0 saturated carbocycles. The monoisotopic (exact) mass is 466 g/mol. The highest BCUT2D eigenvalue weighted by atomic mass is 35.5. The second-order valence-corrected chi connectivity index (χ2v) is 9.67. The van der Waals surface area contributed by atoms with Crippen molar-refractivity contribution >= 4 is 45.9 Å². The van der Waals surface area contributed by atoms with Gasteiger partial charge in [0.25, 0.3) is 0 Å². The topological polar surface area (TPSA) is 74.4 Å². The smallest absolute Gasteiger partial charge is 0.205 e. The fourth-order valence-corrected chi connectivity index (χ4v) is 5.58. The number of thiophene rings is 2. The summed E-state index contributed by atoms with van der Waals surface area (Å²) in [6.45, 7) is 4.26. The summed E-state index contributed by atoms with van der Waals surface area (Å²) in [5.41, 5.74) is 3.87. The number of aromatic amines is 2. The lowest BCUT2D eigenvalue weighted by atomic mass is 10.2. The highest BCUT2D eigenvalue weighted by Gasteiger charge is 2.22. The van der Waals surface area contributed by atoms with Crippen LogP contribution in [0.5, 0.6) is 0 Å². The van der Waals surface area contributed by atoms with Crippen LogP contribution in [0.3, 0.4) is 0 Å². The highest BCUT2D eigenvalue weighted by molar-refractivity contribution is 7.84. The van der Waals surface area contributed by atoms with Crippen molar-refractivity contribution in [2.45, 2.75) is 49.8 Å². The first kappa shape index (κ1) is 22.0. The summed E-state index contributed by atoms with van der Waals surface area (Å²) in [5, 5.41) is 4.99. The van der Waals surface area contributed by atoms with Gasteiger partial charge < -0.3 is 9.97 Å². The van der Waals surface area contributed by atoms with Crippen LogP contribution in [0.15, 0.2) is 45.3 Å². The standard InChI is InChI=1S/C20H22N4OS3.ClH/c1-3-7-13-17(15-9-5-11-26-15)23-19(21-13)28(25)20-22-14(8-4-2)18(24-20)16-10-6-12-27-16;/h5-6,9-12H,3-4,7-8H2,1-2H3,(H,21,23)(H,22,24);1H. The van der Waals surface area contributed by atoms with Gasteiger partial charge in [-0.05, 0) is 35.7 Å². The largest absolute Gasteiger partial charge is 0.334 e. The van der Waals surface area contributed by atoms with E-state index in [4.69, 9.17) is 9.97 Å². The van der Waals surface area contributed by atoms with Crippen molar-refractivity contribution < 1.29 is 4.21 Å². The SMILES string of the molecule is CCCc1[nH]c(S(=O)c2nc(-c3cccs3)c(CCC)[nH]2)nc1-c1cccs1.Cl. The molecular formula is C20H23ClN4OS3. The molecule has 4 heterocycles. The second-order valence-electron chi connectivity index (χ2n) is 6.46. The molecule has 9 heteroatoms. The number of nitrogens with one attached hydrogen (secondary N) is 2. The molecule has 0 atom stereocenters. The third-order valence-corrected chi connectivity index (χ3v) is 7.22. The summed E-state index contributed by atoms with van der Waals surface area (Å²) >= 11 is 3.29. The highest BCUT2D eigenvalue weighted by Crippen LogP contribution is 2.31. The van der Waals surface area contributed by atoms with Gasteiger partial charge in [-0.1, -0.05) is 38.8 Å². The molecule has 5 nitrogen and oxygen atoms in total. The summed E-state index contributed by atoms with van der Waals surface area (Å²) in [4.78, 5) is 18.2. The minimum absolute atomic E-state index is 0. The van der Waals surface area contributed by atoms with Crippen LogP contribution in [-0.2, 0) is 23.6 Å². The second kappa shape index (κ2) is 9.84. The normalized spacial score (nSPS) is 11.1. The van der Waals surface area contributed by atoms with E-state index >= 15 is 0 Å². The van der Waals surface area contributed by atoms with Gasteiger partial charge in [0.15, 0.2) is 10.8 Å². The molecule has 0 saturated heterocycles. The van der Waals surface area contributed by atoms with Crippen LogP contribution in [0, 0.1) is 0 Å². The van der Waals surface area contributed by atoms with Crippen LogP contribution in [0.2, 0.25) is 0 Å². The van der Waals surface area contributed by atoms with Gasteiger partial charge in [-0.3, -0.25) is 0 Å². The quantitative estimate of drug-likeness (QED) is 0.330. The lowest BCUT2D eigenvalue weighted by Crippen LogP contribution is -1.98. The molecule has 154 valence electrons. The van der Waals surface area contributed by atoms with Gasteiger partial charge in [-0.15, -0.1) is 35.1 Å². The molecule has 0 aromatic carbocycles. The van der Waals surface area contributed by atoms with Crippen molar-refractivity contribution in [3.05, 3.63) is 46.4 Å². The van der Waals surface area contributed by atoms with Crippen LogP contribution in [0.1, 0.15) is 38.1 Å². The zero-order chi connectivity index (χ0) is 19.5. The Kier molecular flexibility index (Phi) is 7.45. The van der Waals surface area contributed by atoms with E-state index in [1.165, 1.54) is 0 Å². The molecule has 4 rings (SSSR count). The maximum atomic E-state index is 13.3. The minimum atomic E-state index is -1.48. The summed E-state index contributed by atoms with van der Waals surface area (Å²) in [5.74, 6) is 0. The Hall–Kier alpha value is -1.74. The Labute approximate surface area is 186 Å². The number of H-pyrrole nitrogens is 2. The predicted octanol–water partition coefficient (Wildman–Crippen LogP) is 6.08. The van der Waals surface area contributed by atoms with Gasteiger partial charge in [-0.25, -0.2) is 14.2 Å². The average molecular weight is 467 g/mol. The van der Waals surface area contributed by atoms with Gasteiger partial charge >= 0.3 is 0 Å². The van der Waals surface area contributed by atoms with E-state index in [9.17, 15) is 4.21 Å². The number of nitrogens with zero attached hydrogens (tertiary/aromatic N) is 2. The van der Waals surface area contributed by atoms with Gasteiger partial charge in [0, 0.05) is 11.4 Å². The Bertz CT molecular complexity index is 983. The van der Waals surface area contributed by atoms with E-state index in [1.54, 1.807) is 22.7 Å². The lowest BCUT2D eigenvalue weighted by molar-refractivity contribution is 0.670. The maximum absolute atomic E-state index is 13.3. The zero-order valence-corrected chi connectivity index (χ0v) is 19.5. The first-order valence-corrected chi connectivity index (χ1v) is 12.3. The zero-order valence-electron chi connectivity index (χ0n) is 16.2. The molecule has 0 spiro atoms. The van der Waals surface area contributed by atoms with Crippen LogP contribution in [-0.4, -0.2) is 24.1 Å². The Balaban J connectivity index is 0.00000240. The van der Waals surface area contributed by atoms with Gasteiger partial charge in [-0.2, -0.15) is 0 Å². The number of hydrogen-bond acceptors (Lipinski definition) is 5. The van der Waals surface area contributed by atoms with Crippen LogP contribution in [0.25, 0.3) is 21.1 Å². The average Bonchev–Trinajstić information content (AvgIpc) is 3.46. The first-order valence-electron chi connectivity index (χ1n) is 9.38. The molecule has 0 unspecified atom stereocenters. The first-order chi connectivity index (χ1) is 13.7. The van der Waals surface area contributed by atoms with Crippen molar-refractivity contribution in [2.24, 2.45) is 0 Å². The number of aromatic nitrogens is 4. The summed E-state index contributed by atoms with van der Waals surface area (Å²) < 4.78 is 13.3. The molecule has 29 heavy (non-hydrogen) atoms. The number of aryl methyl sites for hydroxylation is 2. The Morgan fingerprint density at radius 2 is 1.31 bits per heavy atom. The molecule has 4 aromatic heterocycles. The molecule has 4 aromatic rings. The summed E-state index contributed by atoms with van der Waals surface area (Å²) in [7, 11) is -1.48. The Morgan fingerprint density at radius 3 is 1.66 bits per heavy atom. The van der Waals surface area contributed by atoms with Crippen LogP contribution < -0.4 is 0 Å². The maximum Gasteiger partial charge on any atom is 0.205 e. The van der Waals surface area contributed by atoms with E-state index in [2.05, 4.69) is 23.8 Å². The number of imidazole rings is 2. The van der Waals surface area contributed by atoms with Crippen molar-refractivity contribution in [1.29, 1.82) is 0 Å². The van der Waals surface area contributed by atoms with Gasteiger partial charge in [0.2, 0.25) is 10.3 Å². The van der Waals surface area contributed by atoms with Crippen LogP contribution in [0.4, 0.5) is 0 Å². The summed E-state index contributed by atoms with van der Waals surface area (Å²) in [6.07, 6.45) is 3.74. The molecule has 0 fully saturated rings. The lowest BCUT2D eigenvalue weighted by Gasteiger charge is -1.97. The molecule has 0 aliphatic rings. The molecule has 0 radical (unpaired) electrons. The fraction of sp³-hybridized carbons (Fsp3) is 0.300. The summed E-state index contributed by atoms with van der Waals surface area (Å²) in [6, 6.07) is 8.12. The van der Waals surface area contributed by atoms with E-state index < -0.39 is 10.8 Å². The molecule has 0 amide bonds. The van der Waals surface area contributed by atoms with Crippen molar-refractivity contribution in [3.63, 3.8) is 0 Å². The van der Waals surface area contributed by atoms with E-state index in [0.29, 0.717) is 10.3 Å². The third-order valence-electron chi connectivity index (χ3n) is 4.37. The van der Waals surface area contributed by atoms with Gasteiger partial charge in [0.1, 0.15) is 11.4 Å². The van der Waals surface area contributed by atoms with Crippen molar-refractivity contribution in [1.82, 2.24) is 19.9 Å². The molecule has 0 aliphatic carbocycles. The van der Waals surface area contributed by atoms with Crippen LogP contribution >= 0.6 is 35.1 Å². The molecule has 2 N–H and O–H groups in total. The number of hydrogen-bond donors (Lipinski definition) is 2. The van der Waals surface area contributed by atoms with E-state index in [1.807, 2.05) is 35.0 Å². The predicted molar refractivity (Wildman–Crippen MR) is 124 cm³/mol. The molecule has 0 bridgehead atoms. The van der Waals surface area contributed by atoms with Gasteiger partial charge in [0.05, 0.1) is 9.75 Å². The number of rotatable bonds is 8. The third kappa shape index (κ3) is 4.55. The number of halogens is 1. The van der Waals surface area contributed by atoms with E-state index in [-0.39, 0.29) is 12.4 Å².